The Morgan fingerprint density at radius 1 is 1.25 bits per heavy atom. The molecule has 2 heterocycles. The smallest absolute Gasteiger partial charge is 0.326 e. The van der Waals surface area contributed by atoms with E-state index in [4.69, 9.17) is 0 Å². The van der Waals surface area contributed by atoms with Gasteiger partial charge in [-0.2, -0.15) is 0 Å². The van der Waals surface area contributed by atoms with Crippen molar-refractivity contribution in [2.75, 3.05) is 6.54 Å². The molecule has 1 aromatic carbocycles. The summed E-state index contributed by atoms with van der Waals surface area (Å²) >= 11 is 1.52. The molecule has 0 aliphatic carbocycles. The third kappa shape index (κ3) is 2.18. The molecule has 1 fully saturated rings. The molecule has 1 N–H and O–H groups in total. The fourth-order valence-corrected chi connectivity index (χ4v) is 3.66. The minimum atomic E-state index is -0.905. The fourth-order valence-electron chi connectivity index (χ4n) is 2.73. The number of fused-ring (bicyclic) bond motifs is 1. The molecular weight excluding hydrogens is 274 g/mol. The van der Waals surface area contributed by atoms with Crippen LogP contribution in [-0.2, 0) is 4.79 Å². The largest absolute Gasteiger partial charge is 0.480 e. The molecule has 1 aromatic heterocycles. The molecule has 1 saturated heterocycles. The Hall–Kier alpha value is -1.88. The van der Waals surface area contributed by atoms with Gasteiger partial charge < -0.3 is 10.0 Å². The van der Waals surface area contributed by atoms with Gasteiger partial charge in [-0.3, -0.25) is 4.79 Å². The number of aliphatic carboxylic acids is 1. The first-order valence-corrected chi connectivity index (χ1v) is 7.56. The molecular formula is C15H15NO3S. The van der Waals surface area contributed by atoms with Crippen molar-refractivity contribution in [3.05, 3.63) is 35.2 Å². The minimum Gasteiger partial charge on any atom is -0.480 e. The van der Waals surface area contributed by atoms with E-state index in [2.05, 4.69) is 0 Å². The first kappa shape index (κ1) is 13.1. The molecule has 3 rings (SSSR count). The molecule has 4 nitrogen and oxygen atoms in total. The number of rotatable bonds is 2. The van der Waals surface area contributed by atoms with E-state index in [1.54, 1.807) is 0 Å². The Labute approximate surface area is 120 Å². The summed E-state index contributed by atoms with van der Waals surface area (Å²) in [7, 11) is 0. The summed E-state index contributed by atoms with van der Waals surface area (Å²) in [5, 5.41) is 12.0. The second-order valence-corrected chi connectivity index (χ2v) is 5.91. The van der Waals surface area contributed by atoms with Gasteiger partial charge in [-0.25, -0.2) is 4.79 Å². The highest BCUT2D eigenvalue weighted by molar-refractivity contribution is 7.17. The highest BCUT2D eigenvalue weighted by Crippen LogP contribution is 2.28. The van der Waals surface area contributed by atoms with E-state index in [-0.39, 0.29) is 5.91 Å². The van der Waals surface area contributed by atoms with E-state index in [1.165, 1.54) is 16.2 Å². The summed E-state index contributed by atoms with van der Waals surface area (Å²) in [4.78, 5) is 25.5. The Balaban J connectivity index is 1.96. The molecule has 1 atom stereocenters. The average Bonchev–Trinajstić information content (AvgIpc) is 2.90. The number of thiophene rings is 1. The van der Waals surface area contributed by atoms with Crippen molar-refractivity contribution in [3.63, 3.8) is 0 Å². The number of carboxylic acids is 1. The SMILES string of the molecule is O=C(O)[C@H]1CCCCN1C(=O)c1csc2ccccc12. The molecule has 1 aliphatic heterocycles. The van der Waals surface area contributed by atoms with E-state index >= 15 is 0 Å². The Morgan fingerprint density at radius 3 is 2.85 bits per heavy atom. The first-order valence-electron chi connectivity index (χ1n) is 6.68. The van der Waals surface area contributed by atoms with Crippen molar-refractivity contribution in [2.24, 2.45) is 0 Å². The zero-order valence-electron chi connectivity index (χ0n) is 10.9. The molecule has 20 heavy (non-hydrogen) atoms. The second kappa shape index (κ2) is 5.25. The van der Waals surface area contributed by atoms with Crippen molar-refractivity contribution >= 4 is 33.3 Å². The van der Waals surface area contributed by atoms with Crippen LogP contribution in [0.1, 0.15) is 29.6 Å². The van der Waals surface area contributed by atoms with Crippen LogP contribution in [0.5, 0.6) is 0 Å². The monoisotopic (exact) mass is 289 g/mol. The first-order chi connectivity index (χ1) is 9.68. The van der Waals surface area contributed by atoms with E-state index in [0.29, 0.717) is 18.5 Å². The van der Waals surface area contributed by atoms with Crippen LogP contribution in [0.15, 0.2) is 29.6 Å². The van der Waals surface area contributed by atoms with E-state index < -0.39 is 12.0 Å². The van der Waals surface area contributed by atoms with Gasteiger partial charge in [-0.15, -0.1) is 11.3 Å². The van der Waals surface area contributed by atoms with Gasteiger partial charge in [-0.05, 0) is 25.3 Å². The van der Waals surface area contributed by atoms with E-state index in [0.717, 1.165) is 22.9 Å². The summed E-state index contributed by atoms with van der Waals surface area (Å²) in [6.45, 7) is 0.528. The lowest BCUT2D eigenvalue weighted by molar-refractivity contribution is -0.143. The van der Waals surface area contributed by atoms with Crippen molar-refractivity contribution in [2.45, 2.75) is 25.3 Å². The number of piperidine rings is 1. The van der Waals surface area contributed by atoms with Gasteiger partial charge in [0, 0.05) is 22.0 Å². The molecule has 5 heteroatoms. The maximum atomic E-state index is 12.7. The van der Waals surface area contributed by atoms with Crippen molar-refractivity contribution in [1.82, 2.24) is 4.90 Å². The number of carbonyl (C=O) groups is 2. The van der Waals surface area contributed by atoms with E-state index in [9.17, 15) is 14.7 Å². The van der Waals surface area contributed by atoms with Crippen LogP contribution in [0.3, 0.4) is 0 Å². The van der Waals surface area contributed by atoms with Crippen molar-refractivity contribution in [1.29, 1.82) is 0 Å². The van der Waals surface area contributed by atoms with Gasteiger partial charge >= 0.3 is 5.97 Å². The van der Waals surface area contributed by atoms with Crippen LogP contribution in [-0.4, -0.2) is 34.5 Å². The standard InChI is InChI=1S/C15H15NO3S/c17-14(16-8-4-3-6-12(16)15(18)19)11-9-20-13-7-2-1-5-10(11)13/h1-2,5,7,9,12H,3-4,6,8H2,(H,18,19)/t12-/m1/s1. The fraction of sp³-hybridized carbons (Fsp3) is 0.333. The summed E-state index contributed by atoms with van der Waals surface area (Å²) in [6.07, 6.45) is 2.28. The molecule has 0 unspecified atom stereocenters. The van der Waals surface area contributed by atoms with Gasteiger partial charge in [0.15, 0.2) is 0 Å². The Bertz CT molecular complexity index is 664. The zero-order valence-corrected chi connectivity index (χ0v) is 11.7. The predicted molar refractivity (Wildman–Crippen MR) is 78.1 cm³/mol. The summed E-state index contributed by atoms with van der Waals surface area (Å²) < 4.78 is 1.06. The molecule has 0 saturated carbocycles. The highest BCUT2D eigenvalue weighted by atomic mass is 32.1. The summed E-state index contributed by atoms with van der Waals surface area (Å²) in [5.74, 6) is -1.06. The van der Waals surface area contributed by atoms with Gasteiger partial charge in [0.05, 0.1) is 5.56 Å². The summed E-state index contributed by atoms with van der Waals surface area (Å²) in [5.41, 5.74) is 0.624. The average molecular weight is 289 g/mol. The molecule has 104 valence electrons. The van der Waals surface area contributed by atoms with Gasteiger partial charge in [0.1, 0.15) is 6.04 Å². The lowest BCUT2D eigenvalue weighted by Gasteiger charge is -2.32. The molecule has 0 bridgehead atoms. The third-order valence-electron chi connectivity index (χ3n) is 3.76. The molecule has 1 amide bonds. The highest BCUT2D eigenvalue weighted by Gasteiger charge is 2.33. The predicted octanol–water partition coefficient (Wildman–Crippen LogP) is 2.98. The second-order valence-electron chi connectivity index (χ2n) is 4.99. The van der Waals surface area contributed by atoms with Gasteiger partial charge in [0.25, 0.3) is 5.91 Å². The number of amides is 1. The van der Waals surface area contributed by atoms with Crippen LogP contribution in [0.2, 0.25) is 0 Å². The zero-order chi connectivity index (χ0) is 14.1. The van der Waals surface area contributed by atoms with Crippen LogP contribution in [0, 0.1) is 0 Å². The molecule has 0 spiro atoms. The van der Waals surface area contributed by atoms with Crippen LogP contribution in [0.25, 0.3) is 10.1 Å². The van der Waals surface area contributed by atoms with Crippen LogP contribution < -0.4 is 0 Å². The Morgan fingerprint density at radius 2 is 2.05 bits per heavy atom. The maximum Gasteiger partial charge on any atom is 0.326 e. The van der Waals surface area contributed by atoms with Crippen LogP contribution >= 0.6 is 11.3 Å². The minimum absolute atomic E-state index is 0.158. The molecule has 0 radical (unpaired) electrons. The van der Waals surface area contributed by atoms with Crippen molar-refractivity contribution in [3.8, 4) is 0 Å². The molecule has 2 aromatic rings. The van der Waals surface area contributed by atoms with Crippen molar-refractivity contribution < 1.29 is 14.7 Å². The third-order valence-corrected chi connectivity index (χ3v) is 4.72. The lowest BCUT2D eigenvalue weighted by Crippen LogP contribution is -2.47. The number of benzene rings is 1. The van der Waals surface area contributed by atoms with Gasteiger partial charge in [-0.1, -0.05) is 18.2 Å². The number of likely N-dealkylation sites (tertiary alicyclic amines) is 1. The number of hydrogen-bond acceptors (Lipinski definition) is 3. The lowest BCUT2D eigenvalue weighted by atomic mass is 10.0. The number of carboxylic acid groups (broad SMARTS) is 1. The van der Waals surface area contributed by atoms with Crippen LogP contribution in [0.4, 0.5) is 0 Å². The quantitative estimate of drug-likeness (QED) is 0.924. The topological polar surface area (TPSA) is 57.6 Å². The Kier molecular flexibility index (Phi) is 3.44. The summed E-state index contributed by atoms with van der Waals surface area (Å²) in [6, 6.07) is 7.04. The number of hydrogen-bond donors (Lipinski definition) is 1. The number of carbonyl (C=O) groups excluding carboxylic acids is 1. The maximum absolute atomic E-state index is 12.7. The van der Waals surface area contributed by atoms with E-state index in [1.807, 2.05) is 29.6 Å². The normalized spacial score (nSPS) is 19.2. The van der Waals surface area contributed by atoms with Gasteiger partial charge in [0.2, 0.25) is 0 Å². The number of nitrogens with zero attached hydrogens (tertiary/aromatic N) is 1. The molecule has 1 aliphatic rings.